The van der Waals surface area contributed by atoms with Gasteiger partial charge in [0.05, 0.1) is 35.8 Å². The molecule has 0 saturated heterocycles. The van der Waals surface area contributed by atoms with Crippen LogP contribution in [0.3, 0.4) is 0 Å². The summed E-state index contributed by atoms with van der Waals surface area (Å²) in [4.78, 5) is 45.9. The maximum absolute atomic E-state index is 15.2. The summed E-state index contributed by atoms with van der Waals surface area (Å²) in [7, 11) is 1.50. The van der Waals surface area contributed by atoms with E-state index in [2.05, 4.69) is 12.7 Å². The average Bonchev–Trinajstić information content (AvgIpc) is 3.85. The monoisotopic (exact) mass is 957 g/mol. The van der Waals surface area contributed by atoms with Gasteiger partial charge in [-0.3, -0.25) is 19.7 Å². The lowest BCUT2D eigenvalue weighted by molar-refractivity contribution is -0.384. The first-order valence-electron chi connectivity index (χ1n) is 23.8. The molecule has 0 unspecified atom stereocenters. The Morgan fingerprint density at radius 2 is 1.70 bits per heavy atom. The summed E-state index contributed by atoms with van der Waals surface area (Å²) in [5.41, 5.74) is 3.92. The summed E-state index contributed by atoms with van der Waals surface area (Å²) >= 11 is 0. The lowest BCUT2D eigenvalue weighted by atomic mass is 9.55. The first kappa shape index (κ1) is 49.4. The molecule has 2 aliphatic heterocycles. The number of benzene rings is 4. The van der Waals surface area contributed by atoms with Crippen LogP contribution in [0, 0.1) is 27.9 Å². The molecule has 368 valence electrons. The van der Waals surface area contributed by atoms with Gasteiger partial charge in [0.25, 0.3) is 5.69 Å². The average molecular weight is 958 g/mol. The Morgan fingerprint density at radius 1 is 0.957 bits per heavy atom. The van der Waals surface area contributed by atoms with Gasteiger partial charge in [0.2, 0.25) is 18.5 Å². The minimum absolute atomic E-state index is 0.00904. The van der Waals surface area contributed by atoms with Crippen molar-refractivity contribution in [2.75, 3.05) is 40.3 Å². The van der Waals surface area contributed by atoms with Gasteiger partial charge in [-0.1, -0.05) is 36.2 Å². The Labute approximate surface area is 406 Å². The number of unbranched alkanes of at least 4 members (excludes halogenated alkanes) is 2. The minimum Gasteiger partial charge on any atom is -0.496 e. The first-order chi connectivity index (χ1) is 34.1. The molecule has 2 aliphatic carbocycles. The van der Waals surface area contributed by atoms with Crippen LogP contribution >= 0.6 is 0 Å². The molecule has 4 aromatic rings. The van der Waals surface area contributed by atoms with Crippen molar-refractivity contribution in [2.24, 2.45) is 22.9 Å². The van der Waals surface area contributed by atoms with Crippen LogP contribution in [0.1, 0.15) is 84.8 Å². The van der Waals surface area contributed by atoms with Crippen molar-refractivity contribution < 1.29 is 58.0 Å². The molecule has 2 heterocycles. The predicted octanol–water partition coefficient (Wildman–Crippen LogP) is 9.33. The van der Waals surface area contributed by atoms with Crippen LogP contribution in [-0.2, 0) is 20.9 Å². The molecule has 16 heteroatoms. The third-order valence-electron chi connectivity index (χ3n) is 13.5. The number of carbonyl (C=O) groups excluding carboxylic acids is 2. The molecule has 0 radical (unpaired) electrons. The zero-order chi connectivity index (χ0) is 49.2. The number of aldehydes is 1. The Morgan fingerprint density at radius 3 is 2.43 bits per heavy atom. The van der Waals surface area contributed by atoms with Crippen molar-refractivity contribution >= 4 is 29.7 Å². The normalized spacial score (nSPS) is 22.3. The number of aliphatic hydroxyl groups is 2. The fraction of sp³-hybridized carbons (Fsp3) is 0.389. The Hall–Kier alpha value is -7.01. The summed E-state index contributed by atoms with van der Waals surface area (Å²) < 4.78 is 37.9. The van der Waals surface area contributed by atoms with E-state index in [1.165, 1.54) is 25.3 Å². The van der Waals surface area contributed by atoms with Gasteiger partial charge < -0.3 is 48.4 Å². The zero-order valence-electron chi connectivity index (χ0n) is 39.4. The third kappa shape index (κ3) is 10.4. The fourth-order valence-electron chi connectivity index (χ4n) is 10.4. The molecule has 8 rings (SSSR count). The van der Waals surface area contributed by atoms with Crippen molar-refractivity contribution in [3.05, 3.63) is 142 Å². The van der Waals surface area contributed by atoms with E-state index in [-0.39, 0.29) is 69.6 Å². The number of hydrogen-bond acceptors (Lipinski definition) is 14. The zero-order valence-corrected chi connectivity index (χ0v) is 39.4. The highest BCUT2D eigenvalue weighted by Crippen LogP contribution is 2.62. The van der Waals surface area contributed by atoms with Crippen molar-refractivity contribution in [1.82, 2.24) is 4.90 Å². The number of ether oxygens (including phenoxy) is 6. The number of nitro benzene ring substituents is 1. The van der Waals surface area contributed by atoms with Gasteiger partial charge in [0.1, 0.15) is 35.6 Å². The smallest absolute Gasteiger partial charge is 0.269 e. The second-order valence-electron chi connectivity index (χ2n) is 17.6. The topological polar surface area (TPSA) is 198 Å². The standard InChI is InChI=1S/C54H59N3O13/c1-4-26-67-54-50(56(32-36-14-20-48-49(27-36)66-34-65-48)51(61)23-15-35-12-16-39(17-13-35)57(62)63)31-45(55-68-5-2)43-29-37(10-6-8-24-58)42(11-7-9-25-59)52(53(43)54)44-30-41(19-22-47(44)70-54)69-40-18-21-46(64-3)38(28-40)33-60/h4,12-23,27-30,33,37,42,50,52-53,58-59H,1,5-11,24-26,31-32,34H2,2-3H3/t37-,42+,50-,52+,53+,54+/m0/s1. The number of aliphatic hydroxyl groups excluding tert-OH is 2. The van der Waals surface area contributed by atoms with E-state index < -0.39 is 28.6 Å². The Bertz CT molecular complexity index is 2630. The number of hydrogen-bond donors (Lipinski definition) is 2. The second kappa shape index (κ2) is 22.6. The van der Waals surface area contributed by atoms with Crippen LogP contribution in [0.2, 0.25) is 0 Å². The lowest BCUT2D eigenvalue weighted by Gasteiger charge is -2.60. The number of nitro groups is 1. The van der Waals surface area contributed by atoms with Gasteiger partial charge in [-0.05, 0) is 128 Å². The van der Waals surface area contributed by atoms with E-state index in [1.807, 2.05) is 37.3 Å². The molecule has 70 heavy (non-hydrogen) atoms. The Balaban J connectivity index is 1.33. The van der Waals surface area contributed by atoms with E-state index in [0.29, 0.717) is 70.5 Å². The Kier molecular flexibility index (Phi) is 16.0. The summed E-state index contributed by atoms with van der Waals surface area (Å²) in [6, 6.07) is 21.3. The maximum Gasteiger partial charge on any atom is 0.269 e. The van der Waals surface area contributed by atoms with Gasteiger partial charge in [0, 0.05) is 55.9 Å². The molecule has 2 N–H and O–H groups in total. The quantitative estimate of drug-likeness (QED) is 0.0178. The van der Waals surface area contributed by atoms with Crippen LogP contribution in [0.15, 0.2) is 114 Å². The highest BCUT2D eigenvalue weighted by atomic mass is 16.7. The number of rotatable bonds is 23. The highest BCUT2D eigenvalue weighted by molar-refractivity contribution is 6.03. The van der Waals surface area contributed by atoms with Crippen LogP contribution in [0.4, 0.5) is 5.69 Å². The van der Waals surface area contributed by atoms with Gasteiger partial charge in [-0.25, -0.2) is 0 Å². The van der Waals surface area contributed by atoms with E-state index in [9.17, 15) is 25.1 Å². The second-order valence-corrected chi connectivity index (χ2v) is 17.6. The van der Waals surface area contributed by atoms with Crippen LogP contribution in [-0.4, -0.2) is 90.1 Å². The van der Waals surface area contributed by atoms with E-state index in [4.69, 9.17) is 38.4 Å². The predicted molar refractivity (Wildman–Crippen MR) is 260 cm³/mol. The largest absolute Gasteiger partial charge is 0.496 e. The summed E-state index contributed by atoms with van der Waals surface area (Å²) in [6.45, 7) is 6.46. The lowest BCUT2D eigenvalue weighted by Crippen LogP contribution is -2.70. The van der Waals surface area contributed by atoms with Crippen molar-refractivity contribution in [3.8, 4) is 34.5 Å². The number of amides is 1. The molecular weight excluding hydrogens is 899 g/mol. The number of nitrogens with zero attached hydrogens (tertiary/aromatic N) is 3. The molecule has 16 nitrogen and oxygen atoms in total. The van der Waals surface area contributed by atoms with Crippen molar-refractivity contribution in [3.63, 3.8) is 0 Å². The molecule has 1 fully saturated rings. The summed E-state index contributed by atoms with van der Waals surface area (Å²) in [5, 5.41) is 36.3. The molecule has 1 saturated carbocycles. The molecule has 0 bridgehead atoms. The first-order valence-corrected chi connectivity index (χ1v) is 23.8. The van der Waals surface area contributed by atoms with Crippen molar-refractivity contribution in [2.45, 2.75) is 76.2 Å². The number of carbonyl (C=O) groups is 2. The number of allylic oxidation sites excluding steroid dienone is 1. The van der Waals surface area contributed by atoms with Crippen LogP contribution in [0.5, 0.6) is 34.5 Å². The molecule has 6 atom stereocenters. The molecule has 4 aliphatic rings. The molecule has 0 aromatic heterocycles. The van der Waals surface area contributed by atoms with E-state index >= 15 is 4.79 Å². The number of non-ortho nitro benzene ring substituents is 1. The van der Waals surface area contributed by atoms with Crippen LogP contribution < -0.4 is 23.7 Å². The number of methoxy groups -OCH3 is 1. The summed E-state index contributed by atoms with van der Waals surface area (Å²) in [5.74, 6) is 0.0140. The minimum atomic E-state index is -1.57. The van der Waals surface area contributed by atoms with E-state index in [1.54, 1.807) is 53.5 Å². The van der Waals surface area contributed by atoms with Gasteiger partial charge in [-0.2, -0.15) is 0 Å². The highest BCUT2D eigenvalue weighted by Gasteiger charge is 2.65. The number of oxime groups is 1. The molecule has 0 spiro atoms. The molecule has 4 aromatic carbocycles. The molecular formula is C54H59N3O13. The number of fused-ring (bicyclic) bond motifs is 3. The van der Waals surface area contributed by atoms with Crippen molar-refractivity contribution in [1.29, 1.82) is 0 Å². The SMILES string of the molecule is C=CCO[C@@]12Oc3ccc(Oc4ccc(OC)c(C=O)c4)cc3[C@H]3[C@H](CCCCO)[C@@H](CCCCO)C=C(C(=NOCC)C[C@@H]1N(Cc1ccc4c(c1)OCO4)C(=O)C=Cc1ccc([N+](=O)[O-])cc1)[C@H]32. The molecule has 1 amide bonds. The summed E-state index contributed by atoms with van der Waals surface area (Å²) in [6.07, 6.45) is 12.0. The van der Waals surface area contributed by atoms with Gasteiger partial charge >= 0.3 is 0 Å². The van der Waals surface area contributed by atoms with Gasteiger partial charge in [-0.15, -0.1) is 6.58 Å². The fourth-order valence-corrected chi connectivity index (χ4v) is 10.4. The van der Waals surface area contributed by atoms with Gasteiger partial charge in [0.15, 0.2) is 17.8 Å². The van der Waals surface area contributed by atoms with Crippen LogP contribution in [0.25, 0.3) is 6.08 Å². The maximum atomic E-state index is 15.2. The third-order valence-corrected chi connectivity index (χ3v) is 13.5. The van der Waals surface area contributed by atoms with E-state index in [0.717, 1.165) is 42.4 Å².